The second-order valence-electron chi connectivity index (χ2n) is 6.85. The van der Waals surface area contributed by atoms with E-state index in [1.807, 2.05) is 0 Å². The van der Waals surface area contributed by atoms with E-state index in [1.165, 1.54) is 21.9 Å². The minimum atomic E-state index is 0.0736. The fourth-order valence-corrected chi connectivity index (χ4v) is 3.68. The van der Waals surface area contributed by atoms with Crippen LogP contribution < -0.4 is 16.4 Å². The fourth-order valence-electron chi connectivity index (χ4n) is 3.68. The Labute approximate surface area is 163 Å². The molecule has 0 unspecified atom stereocenters. The summed E-state index contributed by atoms with van der Waals surface area (Å²) in [6.45, 7) is 7.13. The van der Waals surface area contributed by atoms with Gasteiger partial charge in [0, 0.05) is 12.7 Å². The number of nitrogens with zero attached hydrogens (tertiary/aromatic N) is 5. The van der Waals surface area contributed by atoms with Crippen LogP contribution in [-0.2, 0) is 0 Å². The van der Waals surface area contributed by atoms with Crippen LogP contribution in [0.25, 0.3) is 21.8 Å². The van der Waals surface area contributed by atoms with Gasteiger partial charge in [-0.15, -0.1) is 0 Å². The summed E-state index contributed by atoms with van der Waals surface area (Å²) < 4.78 is 0. The van der Waals surface area contributed by atoms with E-state index in [1.54, 1.807) is 6.20 Å². The quantitative estimate of drug-likeness (QED) is 0.562. The summed E-state index contributed by atoms with van der Waals surface area (Å²) in [7, 11) is 0. The van der Waals surface area contributed by atoms with Crippen molar-refractivity contribution in [3.05, 3.63) is 53.7 Å². The SMILES string of the molecule is CCN(c1ncc2c(N)nc(N)nc2n1)[C@H](C)c1ccc(C)c2ccccc12. The molecule has 0 fully saturated rings. The molecular weight excluding hydrogens is 350 g/mol. The molecule has 1 atom stereocenters. The molecule has 0 aliphatic heterocycles. The van der Waals surface area contributed by atoms with Gasteiger partial charge in [-0.3, -0.25) is 0 Å². The molecule has 7 heteroatoms. The Kier molecular flexibility index (Phi) is 4.43. The Morgan fingerprint density at radius 3 is 2.46 bits per heavy atom. The first-order valence-electron chi connectivity index (χ1n) is 9.30. The van der Waals surface area contributed by atoms with Crippen LogP contribution >= 0.6 is 0 Å². The summed E-state index contributed by atoms with van der Waals surface area (Å²) in [6, 6.07) is 12.9. The molecule has 28 heavy (non-hydrogen) atoms. The predicted molar refractivity (Wildman–Crippen MR) is 114 cm³/mol. The number of nitrogens with two attached hydrogens (primary N) is 2. The number of fused-ring (bicyclic) bond motifs is 2. The van der Waals surface area contributed by atoms with Crippen molar-refractivity contribution < 1.29 is 0 Å². The summed E-state index contributed by atoms with van der Waals surface area (Å²) in [5, 5.41) is 3.10. The highest BCUT2D eigenvalue weighted by Crippen LogP contribution is 2.32. The third-order valence-electron chi connectivity index (χ3n) is 5.18. The largest absolute Gasteiger partial charge is 0.383 e. The number of benzene rings is 2. The number of aromatic nitrogens is 4. The van der Waals surface area contributed by atoms with Gasteiger partial charge in [-0.05, 0) is 42.7 Å². The van der Waals surface area contributed by atoms with Gasteiger partial charge in [-0.25, -0.2) is 4.98 Å². The molecular formula is C21H23N7. The van der Waals surface area contributed by atoms with Crippen LogP contribution in [0.2, 0.25) is 0 Å². The van der Waals surface area contributed by atoms with Crippen LogP contribution in [0.15, 0.2) is 42.6 Å². The molecule has 0 aliphatic rings. The smallest absolute Gasteiger partial charge is 0.227 e. The zero-order valence-corrected chi connectivity index (χ0v) is 16.2. The first-order valence-corrected chi connectivity index (χ1v) is 9.30. The standard InChI is InChI=1S/C21H23N7/c1-4-28(21-24-11-17-18(22)25-20(23)26-19(17)27-21)13(3)15-10-9-12(2)14-7-5-6-8-16(14)15/h5-11,13H,4H2,1-3H3,(H4,22,23,24,25,26,27)/t13-/m1/s1. The van der Waals surface area contributed by atoms with Crippen LogP contribution in [0, 0.1) is 6.92 Å². The molecule has 0 saturated heterocycles. The zero-order chi connectivity index (χ0) is 19.8. The monoisotopic (exact) mass is 373 g/mol. The van der Waals surface area contributed by atoms with Crippen molar-refractivity contribution in [2.45, 2.75) is 26.8 Å². The second kappa shape index (κ2) is 6.92. The van der Waals surface area contributed by atoms with Crippen molar-refractivity contribution in [2.75, 3.05) is 22.9 Å². The highest BCUT2D eigenvalue weighted by atomic mass is 15.3. The number of hydrogen-bond donors (Lipinski definition) is 2. The normalized spacial score (nSPS) is 12.4. The van der Waals surface area contributed by atoms with Gasteiger partial charge in [-0.2, -0.15) is 15.0 Å². The molecule has 4 aromatic rings. The van der Waals surface area contributed by atoms with E-state index in [9.17, 15) is 0 Å². The lowest BCUT2D eigenvalue weighted by atomic mass is 9.96. The van der Waals surface area contributed by atoms with Gasteiger partial charge in [0.25, 0.3) is 0 Å². The molecule has 0 amide bonds. The molecule has 7 nitrogen and oxygen atoms in total. The van der Waals surface area contributed by atoms with Gasteiger partial charge in [-0.1, -0.05) is 36.4 Å². The maximum atomic E-state index is 5.92. The van der Waals surface area contributed by atoms with E-state index in [-0.39, 0.29) is 17.8 Å². The highest BCUT2D eigenvalue weighted by Gasteiger charge is 2.20. The molecule has 0 radical (unpaired) electrons. The maximum Gasteiger partial charge on any atom is 0.227 e. The molecule has 0 aliphatic carbocycles. The predicted octanol–water partition coefficient (Wildman–Crippen LogP) is 3.63. The van der Waals surface area contributed by atoms with Crippen molar-refractivity contribution in [2.24, 2.45) is 0 Å². The summed E-state index contributed by atoms with van der Waals surface area (Å²) in [6.07, 6.45) is 1.66. The lowest BCUT2D eigenvalue weighted by Crippen LogP contribution is -2.28. The van der Waals surface area contributed by atoms with Gasteiger partial charge in [0.05, 0.1) is 11.4 Å². The van der Waals surface area contributed by atoms with E-state index >= 15 is 0 Å². The van der Waals surface area contributed by atoms with Gasteiger partial charge in [0.1, 0.15) is 5.82 Å². The van der Waals surface area contributed by atoms with Crippen LogP contribution in [0.5, 0.6) is 0 Å². The molecule has 2 heterocycles. The van der Waals surface area contributed by atoms with Crippen molar-refractivity contribution >= 4 is 39.5 Å². The molecule has 142 valence electrons. The fraction of sp³-hybridized carbons (Fsp3) is 0.238. The van der Waals surface area contributed by atoms with Gasteiger partial charge in [0.2, 0.25) is 11.9 Å². The number of aryl methyl sites for hydroxylation is 1. The van der Waals surface area contributed by atoms with Gasteiger partial charge < -0.3 is 16.4 Å². The topological polar surface area (TPSA) is 107 Å². The number of nitrogen functional groups attached to an aromatic ring is 2. The Bertz CT molecular complexity index is 1170. The van der Waals surface area contributed by atoms with Crippen molar-refractivity contribution in [3.63, 3.8) is 0 Å². The first-order chi connectivity index (χ1) is 13.5. The van der Waals surface area contributed by atoms with E-state index < -0.39 is 0 Å². The highest BCUT2D eigenvalue weighted by molar-refractivity contribution is 5.89. The van der Waals surface area contributed by atoms with Crippen molar-refractivity contribution in [1.29, 1.82) is 0 Å². The summed E-state index contributed by atoms with van der Waals surface area (Å²) >= 11 is 0. The maximum absolute atomic E-state index is 5.92. The minimum absolute atomic E-state index is 0.0736. The average molecular weight is 373 g/mol. The Morgan fingerprint density at radius 1 is 0.964 bits per heavy atom. The molecule has 2 aromatic heterocycles. The summed E-state index contributed by atoms with van der Waals surface area (Å²) in [4.78, 5) is 19.5. The molecule has 0 saturated carbocycles. The van der Waals surface area contributed by atoms with Crippen molar-refractivity contribution in [1.82, 2.24) is 19.9 Å². The summed E-state index contributed by atoms with van der Waals surface area (Å²) in [5.41, 5.74) is 14.6. The van der Waals surface area contributed by atoms with Crippen molar-refractivity contribution in [3.8, 4) is 0 Å². The lowest BCUT2D eigenvalue weighted by molar-refractivity contribution is 0.673. The Hall–Kier alpha value is -3.48. The van der Waals surface area contributed by atoms with Crippen LogP contribution in [-0.4, -0.2) is 26.5 Å². The molecule has 4 rings (SSSR count). The summed E-state index contributed by atoms with van der Waals surface area (Å²) in [5.74, 6) is 0.981. The van der Waals surface area contributed by atoms with Gasteiger partial charge >= 0.3 is 0 Å². The van der Waals surface area contributed by atoms with Gasteiger partial charge in [0.15, 0.2) is 5.65 Å². The Balaban J connectivity index is 1.81. The third kappa shape index (κ3) is 2.94. The van der Waals surface area contributed by atoms with E-state index in [0.717, 1.165) is 6.54 Å². The zero-order valence-electron chi connectivity index (χ0n) is 16.2. The molecule has 2 aromatic carbocycles. The number of hydrogen-bond acceptors (Lipinski definition) is 7. The van der Waals surface area contributed by atoms with E-state index in [2.05, 4.69) is 82.0 Å². The van der Waals surface area contributed by atoms with Crippen LogP contribution in [0.3, 0.4) is 0 Å². The second-order valence-corrected chi connectivity index (χ2v) is 6.85. The molecule has 4 N–H and O–H groups in total. The Morgan fingerprint density at radius 2 is 1.71 bits per heavy atom. The first kappa shape index (κ1) is 17.9. The third-order valence-corrected chi connectivity index (χ3v) is 5.18. The lowest BCUT2D eigenvalue weighted by Gasteiger charge is -2.29. The number of rotatable bonds is 4. The average Bonchev–Trinajstić information content (AvgIpc) is 2.68. The molecule has 0 spiro atoms. The van der Waals surface area contributed by atoms with E-state index in [4.69, 9.17) is 11.5 Å². The minimum Gasteiger partial charge on any atom is -0.383 e. The number of anilines is 3. The molecule has 0 bridgehead atoms. The van der Waals surface area contributed by atoms with Crippen LogP contribution in [0.4, 0.5) is 17.7 Å². The van der Waals surface area contributed by atoms with Crippen LogP contribution in [0.1, 0.15) is 31.0 Å². The van der Waals surface area contributed by atoms with E-state index in [0.29, 0.717) is 17.0 Å².